The molecule has 1 aliphatic carbocycles. The van der Waals surface area contributed by atoms with Gasteiger partial charge in [-0.05, 0) is 44.7 Å². The lowest BCUT2D eigenvalue weighted by Gasteiger charge is -2.25. The zero-order valence-electron chi connectivity index (χ0n) is 12.7. The molecule has 1 atom stereocenters. The fourth-order valence-corrected chi connectivity index (χ4v) is 3.47. The van der Waals surface area contributed by atoms with Crippen LogP contribution in [0.15, 0.2) is 4.99 Å². The van der Waals surface area contributed by atoms with E-state index in [2.05, 4.69) is 20.1 Å². The van der Waals surface area contributed by atoms with Crippen molar-refractivity contribution in [3.05, 3.63) is 0 Å². The van der Waals surface area contributed by atoms with Gasteiger partial charge in [-0.1, -0.05) is 12.8 Å². The average Bonchev–Trinajstić information content (AvgIpc) is 2.94. The van der Waals surface area contributed by atoms with E-state index in [1.165, 1.54) is 64.7 Å². The Hall–Kier alpha value is -0.0400. The lowest BCUT2D eigenvalue weighted by molar-refractivity contribution is 0.249. The van der Waals surface area contributed by atoms with Crippen molar-refractivity contribution in [3.8, 4) is 0 Å². The maximum Gasteiger partial charge on any atom is 0.193 e. The maximum atomic E-state index is 4.46. The topological polar surface area (TPSA) is 30.9 Å². The fraction of sp³-hybridized carbons (Fsp3) is 0.933. The normalized spacial score (nSPS) is 27.8. The minimum Gasteiger partial charge on any atom is -0.356 e. The minimum atomic E-state index is 0. The van der Waals surface area contributed by atoms with Crippen LogP contribution in [0.25, 0.3) is 0 Å². The Bertz CT molecular complexity index is 324. The number of halogens is 1. The van der Waals surface area contributed by atoms with E-state index in [1.807, 2.05) is 7.05 Å². The largest absolute Gasteiger partial charge is 0.356 e. The van der Waals surface area contributed by atoms with Gasteiger partial charge >= 0.3 is 0 Å². The van der Waals surface area contributed by atoms with Crippen LogP contribution < -0.4 is 5.32 Å². The Labute approximate surface area is 140 Å². The maximum absolute atomic E-state index is 4.46. The summed E-state index contributed by atoms with van der Waals surface area (Å²) in [6, 6.07) is 0.768. The molecule has 0 aromatic heterocycles. The van der Waals surface area contributed by atoms with Gasteiger partial charge in [0, 0.05) is 32.7 Å². The first-order chi connectivity index (χ1) is 9.36. The van der Waals surface area contributed by atoms with Gasteiger partial charge in [-0.2, -0.15) is 0 Å². The van der Waals surface area contributed by atoms with Crippen molar-refractivity contribution in [3.63, 3.8) is 0 Å². The summed E-state index contributed by atoms with van der Waals surface area (Å²) in [5.74, 6) is 2.13. The number of hydrogen-bond donors (Lipinski definition) is 1. The number of guanidine groups is 1. The van der Waals surface area contributed by atoms with Gasteiger partial charge in [0.2, 0.25) is 0 Å². The van der Waals surface area contributed by atoms with Crippen LogP contribution in [0.2, 0.25) is 0 Å². The molecule has 0 bridgehead atoms. The molecule has 4 nitrogen and oxygen atoms in total. The van der Waals surface area contributed by atoms with Gasteiger partial charge < -0.3 is 10.2 Å². The van der Waals surface area contributed by atoms with E-state index in [-0.39, 0.29) is 24.0 Å². The van der Waals surface area contributed by atoms with Crippen molar-refractivity contribution < 1.29 is 0 Å². The summed E-state index contributed by atoms with van der Waals surface area (Å²) in [6.07, 6.45) is 8.31. The molecule has 1 unspecified atom stereocenters. The van der Waals surface area contributed by atoms with E-state index in [1.54, 1.807) is 0 Å². The van der Waals surface area contributed by atoms with E-state index in [0.29, 0.717) is 0 Å². The van der Waals surface area contributed by atoms with Crippen LogP contribution in [-0.2, 0) is 0 Å². The molecule has 3 aliphatic rings. The Morgan fingerprint density at radius 2 is 1.90 bits per heavy atom. The number of nitrogens with zero attached hydrogens (tertiary/aromatic N) is 3. The number of nitrogens with one attached hydrogen (secondary N) is 1. The zero-order valence-corrected chi connectivity index (χ0v) is 15.0. The summed E-state index contributed by atoms with van der Waals surface area (Å²) in [4.78, 5) is 9.59. The smallest absolute Gasteiger partial charge is 0.193 e. The molecule has 5 heteroatoms. The molecule has 0 radical (unpaired) electrons. The third-order valence-electron chi connectivity index (χ3n) is 4.86. The van der Waals surface area contributed by atoms with Crippen molar-refractivity contribution in [2.75, 3.05) is 39.8 Å². The van der Waals surface area contributed by atoms with Crippen LogP contribution in [0.4, 0.5) is 0 Å². The van der Waals surface area contributed by atoms with Crippen LogP contribution in [0, 0.1) is 5.92 Å². The molecule has 116 valence electrons. The van der Waals surface area contributed by atoms with Gasteiger partial charge in [-0.15, -0.1) is 24.0 Å². The molecule has 3 fully saturated rings. The highest BCUT2D eigenvalue weighted by Gasteiger charge is 2.30. The van der Waals surface area contributed by atoms with Crippen molar-refractivity contribution >= 4 is 29.9 Å². The van der Waals surface area contributed by atoms with E-state index in [4.69, 9.17) is 0 Å². The van der Waals surface area contributed by atoms with Crippen LogP contribution in [0.1, 0.15) is 38.5 Å². The SMILES string of the molecule is CN=C(NCCC1CC1)N1CCC(N2CCCC2)C1.I. The van der Waals surface area contributed by atoms with E-state index in [0.717, 1.165) is 24.5 Å². The third kappa shape index (κ3) is 4.23. The van der Waals surface area contributed by atoms with Crippen LogP contribution >= 0.6 is 24.0 Å². The monoisotopic (exact) mass is 392 g/mol. The molecule has 0 amide bonds. The lowest BCUT2D eigenvalue weighted by atomic mass is 10.2. The second-order valence-electron chi connectivity index (χ2n) is 6.34. The molecule has 0 spiro atoms. The number of aliphatic imine (C=N–C) groups is 1. The predicted molar refractivity (Wildman–Crippen MR) is 94.9 cm³/mol. The van der Waals surface area contributed by atoms with Crippen LogP contribution in [0.3, 0.4) is 0 Å². The van der Waals surface area contributed by atoms with Gasteiger partial charge in [0.05, 0.1) is 0 Å². The minimum absolute atomic E-state index is 0. The number of likely N-dealkylation sites (tertiary alicyclic amines) is 2. The zero-order chi connectivity index (χ0) is 13.1. The number of rotatable bonds is 4. The fourth-order valence-electron chi connectivity index (χ4n) is 3.47. The molecular weight excluding hydrogens is 363 g/mol. The Kier molecular flexibility index (Phi) is 6.39. The Morgan fingerprint density at radius 3 is 2.55 bits per heavy atom. The van der Waals surface area contributed by atoms with Crippen molar-refractivity contribution in [1.82, 2.24) is 15.1 Å². The lowest BCUT2D eigenvalue weighted by Crippen LogP contribution is -2.43. The molecule has 0 aromatic carbocycles. The van der Waals surface area contributed by atoms with E-state index >= 15 is 0 Å². The second-order valence-corrected chi connectivity index (χ2v) is 6.34. The molecule has 0 aromatic rings. The molecule has 1 saturated carbocycles. The van der Waals surface area contributed by atoms with Gasteiger partial charge in [0.25, 0.3) is 0 Å². The van der Waals surface area contributed by atoms with Crippen molar-refractivity contribution in [2.45, 2.75) is 44.6 Å². The standard InChI is InChI=1S/C15H28N4.HI/c1-16-15(17-8-6-13-4-5-13)19-11-7-14(12-19)18-9-2-3-10-18;/h13-14H,2-12H2,1H3,(H,16,17);1H. The molecule has 20 heavy (non-hydrogen) atoms. The summed E-state index contributed by atoms with van der Waals surface area (Å²) >= 11 is 0. The summed E-state index contributed by atoms with van der Waals surface area (Å²) in [5, 5.41) is 3.55. The van der Waals surface area contributed by atoms with Crippen LogP contribution in [0.5, 0.6) is 0 Å². The molecular formula is C15H29IN4. The molecule has 2 heterocycles. The first kappa shape index (κ1) is 16.3. The van der Waals surface area contributed by atoms with Gasteiger partial charge in [-0.3, -0.25) is 9.89 Å². The van der Waals surface area contributed by atoms with Gasteiger partial charge in [-0.25, -0.2) is 0 Å². The molecule has 3 rings (SSSR count). The first-order valence-corrected chi connectivity index (χ1v) is 8.06. The van der Waals surface area contributed by atoms with Gasteiger partial charge in [0.15, 0.2) is 5.96 Å². The van der Waals surface area contributed by atoms with Gasteiger partial charge in [0.1, 0.15) is 0 Å². The molecule has 2 saturated heterocycles. The number of hydrogen-bond acceptors (Lipinski definition) is 2. The quantitative estimate of drug-likeness (QED) is 0.452. The molecule has 2 aliphatic heterocycles. The molecule has 1 N–H and O–H groups in total. The highest BCUT2D eigenvalue weighted by molar-refractivity contribution is 14.0. The Morgan fingerprint density at radius 1 is 1.15 bits per heavy atom. The summed E-state index contributed by atoms with van der Waals surface area (Å²) in [5.41, 5.74) is 0. The van der Waals surface area contributed by atoms with Crippen molar-refractivity contribution in [2.24, 2.45) is 10.9 Å². The average molecular weight is 392 g/mol. The van der Waals surface area contributed by atoms with E-state index in [9.17, 15) is 0 Å². The summed E-state index contributed by atoms with van der Waals surface area (Å²) in [6.45, 7) is 6.06. The third-order valence-corrected chi connectivity index (χ3v) is 4.86. The summed E-state index contributed by atoms with van der Waals surface area (Å²) in [7, 11) is 1.92. The van der Waals surface area contributed by atoms with Crippen LogP contribution in [-0.4, -0.2) is 61.6 Å². The summed E-state index contributed by atoms with van der Waals surface area (Å²) < 4.78 is 0. The predicted octanol–water partition coefficient (Wildman–Crippen LogP) is 2.15. The highest BCUT2D eigenvalue weighted by atomic mass is 127. The van der Waals surface area contributed by atoms with Crippen molar-refractivity contribution in [1.29, 1.82) is 0 Å². The highest BCUT2D eigenvalue weighted by Crippen LogP contribution is 2.31. The van der Waals surface area contributed by atoms with E-state index < -0.39 is 0 Å². The Balaban J connectivity index is 0.00000147. The first-order valence-electron chi connectivity index (χ1n) is 8.06. The second kappa shape index (κ2) is 7.82.